The molecular formula is C12H10BrNO2. The van der Waals surface area contributed by atoms with Crippen LogP contribution < -0.4 is 4.74 Å². The summed E-state index contributed by atoms with van der Waals surface area (Å²) in [5, 5.41) is 9.26. The molecule has 4 heteroatoms. The van der Waals surface area contributed by atoms with Crippen molar-refractivity contribution in [2.75, 3.05) is 0 Å². The largest absolute Gasteiger partial charge is 0.505 e. The summed E-state index contributed by atoms with van der Waals surface area (Å²) in [6.07, 6.45) is 1.35. The van der Waals surface area contributed by atoms with Gasteiger partial charge in [-0.05, 0) is 21.5 Å². The first kappa shape index (κ1) is 11.0. The Morgan fingerprint density at radius 1 is 1.25 bits per heavy atom. The van der Waals surface area contributed by atoms with Crippen LogP contribution in [-0.2, 0) is 6.61 Å². The van der Waals surface area contributed by atoms with E-state index in [4.69, 9.17) is 4.74 Å². The van der Waals surface area contributed by atoms with Gasteiger partial charge in [0, 0.05) is 6.07 Å². The second kappa shape index (κ2) is 4.99. The lowest BCUT2D eigenvalue weighted by molar-refractivity contribution is 0.292. The maximum atomic E-state index is 9.26. The van der Waals surface area contributed by atoms with E-state index in [0.717, 1.165) is 5.56 Å². The molecule has 0 radical (unpaired) electrons. The Morgan fingerprint density at radius 3 is 2.69 bits per heavy atom. The Bertz CT molecular complexity index is 474. The van der Waals surface area contributed by atoms with Gasteiger partial charge in [-0.1, -0.05) is 30.3 Å². The molecular weight excluding hydrogens is 270 g/mol. The molecule has 1 aromatic heterocycles. The molecule has 0 atom stereocenters. The fraction of sp³-hybridized carbons (Fsp3) is 0.0833. The van der Waals surface area contributed by atoms with E-state index in [1.807, 2.05) is 30.3 Å². The summed E-state index contributed by atoms with van der Waals surface area (Å²) in [6, 6.07) is 11.5. The molecule has 1 N–H and O–H groups in total. The van der Waals surface area contributed by atoms with E-state index in [1.165, 1.54) is 6.20 Å². The Balaban J connectivity index is 2.03. The topological polar surface area (TPSA) is 42.4 Å². The number of halogens is 1. The quantitative estimate of drug-likeness (QED) is 0.939. The standard InChI is InChI=1S/C12H10BrNO2/c13-10-6-12(14-7-11(10)15)16-8-9-4-2-1-3-5-9/h1-7,15H,8H2. The van der Waals surface area contributed by atoms with Crippen molar-refractivity contribution in [1.29, 1.82) is 0 Å². The molecule has 0 bridgehead atoms. The summed E-state index contributed by atoms with van der Waals surface area (Å²) < 4.78 is 6.05. The molecule has 1 aromatic carbocycles. The van der Waals surface area contributed by atoms with Crippen LogP contribution in [0.3, 0.4) is 0 Å². The predicted octanol–water partition coefficient (Wildman–Crippen LogP) is 3.13. The molecule has 3 nitrogen and oxygen atoms in total. The molecule has 16 heavy (non-hydrogen) atoms. The van der Waals surface area contributed by atoms with Gasteiger partial charge in [0.2, 0.25) is 5.88 Å². The van der Waals surface area contributed by atoms with Gasteiger partial charge in [0.05, 0.1) is 10.7 Å². The van der Waals surface area contributed by atoms with Crippen molar-refractivity contribution in [3.63, 3.8) is 0 Å². The number of aromatic hydroxyl groups is 1. The number of pyridine rings is 1. The average molecular weight is 280 g/mol. The number of benzene rings is 1. The Labute approximate surface area is 102 Å². The van der Waals surface area contributed by atoms with E-state index in [0.29, 0.717) is 17.0 Å². The van der Waals surface area contributed by atoms with E-state index >= 15 is 0 Å². The lowest BCUT2D eigenvalue weighted by Gasteiger charge is -2.05. The maximum absolute atomic E-state index is 9.26. The number of hydrogen-bond acceptors (Lipinski definition) is 3. The van der Waals surface area contributed by atoms with E-state index in [1.54, 1.807) is 6.07 Å². The third kappa shape index (κ3) is 2.73. The third-order valence-electron chi connectivity index (χ3n) is 2.04. The first-order chi connectivity index (χ1) is 7.75. The molecule has 0 unspecified atom stereocenters. The van der Waals surface area contributed by atoms with Gasteiger partial charge in [0.25, 0.3) is 0 Å². The summed E-state index contributed by atoms with van der Waals surface area (Å²) in [6.45, 7) is 0.463. The van der Waals surface area contributed by atoms with E-state index in [2.05, 4.69) is 20.9 Å². The van der Waals surface area contributed by atoms with Gasteiger partial charge < -0.3 is 9.84 Å². The normalized spacial score (nSPS) is 10.1. The van der Waals surface area contributed by atoms with Gasteiger partial charge in [-0.15, -0.1) is 0 Å². The Hall–Kier alpha value is -1.55. The molecule has 0 aliphatic rings. The van der Waals surface area contributed by atoms with Crippen LogP contribution >= 0.6 is 15.9 Å². The smallest absolute Gasteiger partial charge is 0.214 e. The average Bonchev–Trinajstić information content (AvgIpc) is 2.32. The van der Waals surface area contributed by atoms with Crippen molar-refractivity contribution in [3.8, 4) is 11.6 Å². The minimum Gasteiger partial charge on any atom is -0.505 e. The molecule has 2 aromatic rings. The van der Waals surface area contributed by atoms with Crippen LogP contribution in [0.5, 0.6) is 11.6 Å². The summed E-state index contributed by atoms with van der Waals surface area (Å²) in [7, 11) is 0. The van der Waals surface area contributed by atoms with Gasteiger partial charge in [0.1, 0.15) is 12.4 Å². The highest BCUT2D eigenvalue weighted by atomic mass is 79.9. The SMILES string of the molecule is Oc1cnc(OCc2ccccc2)cc1Br. The minimum atomic E-state index is 0.104. The van der Waals surface area contributed by atoms with Crippen molar-refractivity contribution in [3.05, 3.63) is 52.6 Å². The zero-order valence-corrected chi connectivity index (χ0v) is 10.0. The molecule has 0 saturated heterocycles. The van der Waals surface area contributed by atoms with Crippen LogP contribution in [0.25, 0.3) is 0 Å². The highest BCUT2D eigenvalue weighted by Crippen LogP contribution is 2.25. The molecule has 82 valence electrons. The van der Waals surface area contributed by atoms with Gasteiger partial charge in [-0.3, -0.25) is 0 Å². The highest BCUT2D eigenvalue weighted by Gasteiger charge is 2.02. The highest BCUT2D eigenvalue weighted by molar-refractivity contribution is 9.10. The van der Waals surface area contributed by atoms with Crippen LogP contribution in [-0.4, -0.2) is 10.1 Å². The summed E-state index contributed by atoms with van der Waals surface area (Å²) in [5.41, 5.74) is 1.08. The molecule has 0 amide bonds. The first-order valence-corrected chi connectivity index (χ1v) is 5.56. The zero-order chi connectivity index (χ0) is 11.4. The monoisotopic (exact) mass is 279 g/mol. The summed E-state index contributed by atoms with van der Waals surface area (Å²) in [5.74, 6) is 0.584. The number of ether oxygens (including phenoxy) is 1. The fourth-order valence-electron chi connectivity index (χ4n) is 1.22. The zero-order valence-electron chi connectivity index (χ0n) is 8.43. The minimum absolute atomic E-state index is 0.104. The first-order valence-electron chi connectivity index (χ1n) is 4.77. The van der Waals surface area contributed by atoms with Gasteiger partial charge in [0.15, 0.2) is 0 Å². The summed E-state index contributed by atoms with van der Waals surface area (Å²) in [4.78, 5) is 3.95. The predicted molar refractivity (Wildman–Crippen MR) is 64.4 cm³/mol. The lowest BCUT2D eigenvalue weighted by Crippen LogP contribution is -1.96. The maximum Gasteiger partial charge on any atom is 0.214 e. The third-order valence-corrected chi connectivity index (χ3v) is 2.67. The number of rotatable bonds is 3. The van der Waals surface area contributed by atoms with Crippen molar-refractivity contribution in [2.24, 2.45) is 0 Å². The number of aromatic nitrogens is 1. The van der Waals surface area contributed by atoms with Crippen molar-refractivity contribution >= 4 is 15.9 Å². The molecule has 1 heterocycles. The van der Waals surface area contributed by atoms with Crippen LogP contribution in [0.15, 0.2) is 47.1 Å². The van der Waals surface area contributed by atoms with E-state index in [9.17, 15) is 5.11 Å². The van der Waals surface area contributed by atoms with Gasteiger partial charge >= 0.3 is 0 Å². The number of hydrogen-bond donors (Lipinski definition) is 1. The van der Waals surface area contributed by atoms with E-state index in [-0.39, 0.29) is 5.75 Å². The second-order valence-corrected chi connectivity index (χ2v) is 4.10. The number of nitrogens with zero attached hydrogens (tertiary/aromatic N) is 1. The van der Waals surface area contributed by atoms with Gasteiger partial charge in [-0.2, -0.15) is 0 Å². The van der Waals surface area contributed by atoms with Crippen LogP contribution in [0.1, 0.15) is 5.56 Å². The fourth-order valence-corrected chi connectivity index (χ4v) is 1.51. The van der Waals surface area contributed by atoms with Crippen LogP contribution in [0.2, 0.25) is 0 Å². The van der Waals surface area contributed by atoms with Gasteiger partial charge in [-0.25, -0.2) is 4.98 Å². The lowest BCUT2D eigenvalue weighted by atomic mass is 10.2. The summed E-state index contributed by atoms with van der Waals surface area (Å²) >= 11 is 3.20. The molecule has 0 spiro atoms. The Morgan fingerprint density at radius 2 is 2.00 bits per heavy atom. The van der Waals surface area contributed by atoms with Crippen molar-refractivity contribution in [1.82, 2.24) is 4.98 Å². The van der Waals surface area contributed by atoms with Crippen LogP contribution in [0.4, 0.5) is 0 Å². The molecule has 0 saturated carbocycles. The molecule has 0 aliphatic heterocycles. The van der Waals surface area contributed by atoms with Crippen molar-refractivity contribution < 1.29 is 9.84 Å². The van der Waals surface area contributed by atoms with Crippen molar-refractivity contribution in [2.45, 2.75) is 6.61 Å². The second-order valence-electron chi connectivity index (χ2n) is 3.25. The Kier molecular flexibility index (Phi) is 3.41. The van der Waals surface area contributed by atoms with Crippen LogP contribution in [0, 0.1) is 0 Å². The van der Waals surface area contributed by atoms with E-state index < -0.39 is 0 Å². The molecule has 0 fully saturated rings. The molecule has 2 rings (SSSR count). The molecule has 0 aliphatic carbocycles.